The van der Waals surface area contributed by atoms with Crippen LogP contribution in [0.5, 0.6) is 5.75 Å². The van der Waals surface area contributed by atoms with Gasteiger partial charge in [0.15, 0.2) is 22.6 Å². The van der Waals surface area contributed by atoms with E-state index in [0.29, 0.717) is 22.9 Å². The number of phenolic OH excluding ortho intramolecular Hbond substituents is 1. The molecule has 0 radical (unpaired) electrons. The number of hydrogen-bond donors (Lipinski definition) is 2. The van der Waals surface area contributed by atoms with Gasteiger partial charge in [0.1, 0.15) is 5.75 Å². The van der Waals surface area contributed by atoms with Crippen LogP contribution in [0.1, 0.15) is 37.0 Å². The first-order valence-corrected chi connectivity index (χ1v) is 12.5. The number of fused-ring (bicyclic) bond motifs is 1. The SMILES string of the molecule is CC(O)c1cc(C23CC2CN(CCCSc2nnc(-c4ccc(F)c(F)c4)n2C)C3)ccc1O. The van der Waals surface area contributed by atoms with Crippen LogP contribution >= 0.6 is 11.8 Å². The fourth-order valence-corrected chi connectivity index (χ4v) is 6.02. The average molecular weight is 487 g/mol. The number of halogens is 2. The van der Waals surface area contributed by atoms with Gasteiger partial charge >= 0.3 is 0 Å². The number of aromatic nitrogens is 3. The molecule has 2 fully saturated rings. The molecule has 5 rings (SSSR count). The molecule has 1 aromatic heterocycles. The van der Waals surface area contributed by atoms with Crippen molar-refractivity contribution in [2.45, 2.75) is 36.4 Å². The number of likely N-dealkylation sites (tertiary alicyclic amines) is 1. The summed E-state index contributed by atoms with van der Waals surface area (Å²) in [4.78, 5) is 2.49. The lowest BCUT2D eigenvalue weighted by Gasteiger charge is -2.22. The van der Waals surface area contributed by atoms with E-state index in [-0.39, 0.29) is 11.2 Å². The van der Waals surface area contributed by atoms with E-state index in [0.717, 1.165) is 55.5 Å². The largest absolute Gasteiger partial charge is 0.508 e. The molecule has 2 N–H and O–H groups in total. The maximum Gasteiger partial charge on any atom is 0.191 e. The first-order valence-electron chi connectivity index (χ1n) is 11.5. The van der Waals surface area contributed by atoms with Gasteiger partial charge in [-0.05, 0) is 68.1 Å². The van der Waals surface area contributed by atoms with Gasteiger partial charge in [-0.2, -0.15) is 0 Å². The predicted octanol–water partition coefficient (Wildman–Crippen LogP) is 4.27. The minimum Gasteiger partial charge on any atom is -0.508 e. The molecule has 2 heterocycles. The molecule has 2 aromatic carbocycles. The summed E-state index contributed by atoms with van der Waals surface area (Å²) < 4.78 is 28.6. The first kappa shape index (κ1) is 23.3. The third kappa shape index (κ3) is 4.21. The van der Waals surface area contributed by atoms with Crippen LogP contribution in [0.15, 0.2) is 41.6 Å². The van der Waals surface area contributed by atoms with Crippen LogP contribution in [-0.4, -0.2) is 55.3 Å². The maximum absolute atomic E-state index is 13.6. The molecule has 1 aliphatic heterocycles. The first-order chi connectivity index (χ1) is 16.3. The Labute approximate surface area is 201 Å². The van der Waals surface area contributed by atoms with E-state index in [1.807, 2.05) is 23.7 Å². The predicted molar refractivity (Wildman–Crippen MR) is 127 cm³/mol. The van der Waals surface area contributed by atoms with Crippen molar-refractivity contribution in [3.8, 4) is 17.1 Å². The fourth-order valence-electron chi connectivity index (χ4n) is 5.18. The Morgan fingerprint density at radius 2 is 2.00 bits per heavy atom. The molecule has 180 valence electrons. The number of rotatable bonds is 8. The van der Waals surface area contributed by atoms with Gasteiger partial charge < -0.3 is 19.7 Å². The summed E-state index contributed by atoms with van der Waals surface area (Å²) in [5.74, 6) is 0.387. The topological polar surface area (TPSA) is 74.4 Å². The van der Waals surface area contributed by atoms with Gasteiger partial charge in [-0.15, -0.1) is 10.2 Å². The highest BCUT2D eigenvalue weighted by Crippen LogP contribution is 2.59. The van der Waals surface area contributed by atoms with Crippen LogP contribution < -0.4 is 0 Å². The maximum atomic E-state index is 13.6. The van der Waals surface area contributed by atoms with Crippen molar-refractivity contribution in [3.05, 3.63) is 59.2 Å². The van der Waals surface area contributed by atoms with Gasteiger partial charge in [-0.25, -0.2) is 8.78 Å². The number of piperidine rings is 1. The Kier molecular flexibility index (Phi) is 6.12. The summed E-state index contributed by atoms with van der Waals surface area (Å²) in [5, 5.41) is 29.1. The molecule has 1 saturated carbocycles. The highest BCUT2D eigenvalue weighted by Gasteiger charge is 2.60. The van der Waals surface area contributed by atoms with E-state index in [1.165, 1.54) is 11.6 Å². The van der Waals surface area contributed by atoms with Crippen molar-refractivity contribution in [3.63, 3.8) is 0 Å². The van der Waals surface area contributed by atoms with E-state index in [1.54, 1.807) is 24.8 Å². The van der Waals surface area contributed by atoms with Crippen LogP contribution in [0, 0.1) is 17.6 Å². The minimum absolute atomic E-state index is 0.146. The number of benzene rings is 2. The Morgan fingerprint density at radius 1 is 1.18 bits per heavy atom. The second-order valence-electron chi connectivity index (χ2n) is 9.44. The zero-order chi connectivity index (χ0) is 24.0. The molecular formula is C25H28F2N4O2S. The van der Waals surface area contributed by atoms with Crippen LogP contribution in [-0.2, 0) is 12.5 Å². The summed E-state index contributed by atoms with van der Waals surface area (Å²) in [5.41, 5.74) is 2.45. The van der Waals surface area contributed by atoms with Crippen molar-refractivity contribution < 1.29 is 19.0 Å². The lowest BCUT2D eigenvalue weighted by Crippen LogP contribution is -2.28. The third-order valence-corrected chi connectivity index (χ3v) is 8.24. The standard InChI is InChI=1S/C25H28F2N4O2S/c1-15(32)19-11-17(5-7-22(19)33)25-12-18(25)13-31(14-25)8-3-9-34-24-29-28-23(30(24)2)16-4-6-20(26)21(27)10-16/h4-7,10-11,15,18,32-33H,3,8-9,12-14H2,1-2H3. The van der Waals surface area contributed by atoms with Crippen LogP contribution in [0.4, 0.5) is 8.78 Å². The van der Waals surface area contributed by atoms with E-state index in [9.17, 15) is 19.0 Å². The van der Waals surface area contributed by atoms with Gasteiger partial charge in [0.25, 0.3) is 0 Å². The zero-order valence-corrected chi connectivity index (χ0v) is 20.0. The smallest absolute Gasteiger partial charge is 0.191 e. The van der Waals surface area contributed by atoms with E-state index in [2.05, 4.69) is 15.1 Å². The molecule has 0 amide bonds. The summed E-state index contributed by atoms with van der Waals surface area (Å²) in [6.45, 7) is 4.73. The highest BCUT2D eigenvalue weighted by molar-refractivity contribution is 7.99. The quantitative estimate of drug-likeness (QED) is 0.366. The molecule has 1 aliphatic carbocycles. The van der Waals surface area contributed by atoms with Crippen LogP contribution in [0.3, 0.4) is 0 Å². The number of phenols is 1. The van der Waals surface area contributed by atoms with Crippen molar-refractivity contribution in [1.29, 1.82) is 0 Å². The number of aliphatic hydroxyl groups excluding tert-OH is 1. The van der Waals surface area contributed by atoms with Crippen molar-refractivity contribution >= 4 is 11.8 Å². The number of nitrogens with zero attached hydrogens (tertiary/aromatic N) is 4. The third-order valence-electron chi connectivity index (χ3n) is 7.13. The van der Waals surface area contributed by atoms with Gasteiger partial charge in [0, 0.05) is 42.4 Å². The molecule has 6 nitrogen and oxygen atoms in total. The Balaban J connectivity index is 1.15. The fraction of sp³-hybridized carbons (Fsp3) is 0.440. The number of thioether (sulfide) groups is 1. The molecule has 9 heteroatoms. The summed E-state index contributed by atoms with van der Waals surface area (Å²) in [7, 11) is 1.83. The molecule has 34 heavy (non-hydrogen) atoms. The molecule has 0 bridgehead atoms. The molecule has 0 spiro atoms. The van der Waals surface area contributed by atoms with E-state index < -0.39 is 17.7 Å². The van der Waals surface area contributed by atoms with E-state index >= 15 is 0 Å². The lowest BCUT2D eigenvalue weighted by molar-refractivity contribution is 0.194. The molecular weight excluding hydrogens is 458 g/mol. The normalized spacial score (nSPS) is 22.7. The lowest BCUT2D eigenvalue weighted by atomic mass is 9.92. The second-order valence-corrected chi connectivity index (χ2v) is 10.5. The van der Waals surface area contributed by atoms with Crippen molar-refractivity contribution in [2.75, 3.05) is 25.4 Å². The Bertz CT molecular complexity index is 1220. The summed E-state index contributed by atoms with van der Waals surface area (Å²) >= 11 is 1.61. The summed E-state index contributed by atoms with van der Waals surface area (Å²) in [6.07, 6.45) is 1.47. The molecule has 3 unspecified atom stereocenters. The van der Waals surface area contributed by atoms with Crippen molar-refractivity contribution in [2.24, 2.45) is 13.0 Å². The number of aromatic hydroxyl groups is 1. The van der Waals surface area contributed by atoms with Crippen LogP contribution in [0.2, 0.25) is 0 Å². The van der Waals surface area contributed by atoms with Gasteiger partial charge in [0.05, 0.1) is 6.10 Å². The molecule has 3 atom stereocenters. The average Bonchev–Trinajstić information content (AvgIpc) is 3.18. The zero-order valence-electron chi connectivity index (χ0n) is 19.2. The Morgan fingerprint density at radius 3 is 2.76 bits per heavy atom. The monoisotopic (exact) mass is 486 g/mol. The van der Waals surface area contributed by atoms with Gasteiger partial charge in [0.2, 0.25) is 0 Å². The number of hydrogen-bond acceptors (Lipinski definition) is 6. The van der Waals surface area contributed by atoms with Gasteiger partial charge in [-0.3, -0.25) is 0 Å². The second kappa shape index (κ2) is 8.94. The molecule has 2 aliphatic rings. The van der Waals surface area contributed by atoms with Gasteiger partial charge in [-0.1, -0.05) is 17.8 Å². The van der Waals surface area contributed by atoms with E-state index in [4.69, 9.17) is 0 Å². The number of aliphatic hydroxyl groups is 1. The Hall–Kier alpha value is -2.49. The molecule has 3 aromatic rings. The summed E-state index contributed by atoms with van der Waals surface area (Å²) in [6, 6.07) is 9.42. The highest BCUT2D eigenvalue weighted by atomic mass is 32.2. The van der Waals surface area contributed by atoms with Crippen molar-refractivity contribution in [1.82, 2.24) is 19.7 Å². The minimum atomic E-state index is -0.898. The van der Waals surface area contributed by atoms with Crippen LogP contribution in [0.25, 0.3) is 11.4 Å². The molecule has 1 saturated heterocycles.